The molecule has 3 rings (SSSR count). The second-order valence-corrected chi connectivity index (χ2v) is 7.91. The summed E-state index contributed by atoms with van der Waals surface area (Å²) in [6, 6.07) is 8.12. The van der Waals surface area contributed by atoms with Gasteiger partial charge in [0.25, 0.3) is 0 Å². The zero-order chi connectivity index (χ0) is 21.2. The smallest absolute Gasteiger partial charge is 0.243 e. The fourth-order valence-electron chi connectivity index (χ4n) is 3.44. The summed E-state index contributed by atoms with van der Waals surface area (Å²) in [5, 5.41) is 6.82. The lowest BCUT2D eigenvalue weighted by molar-refractivity contribution is -0.127. The van der Waals surface area contributed by atoms with Crippen molar-refractivity contribution < 1.29 is 19.0 Å². The van der Waals surface area contributed by atoms with E-state index >= 15 is 0 Å². The fourth-order valence-corrected chi connectivity index (χ4v) is 3.44. The number of likely N-dealkylation sites (N-methyl/N-ethyl adjacent to an activating group) is 1. The second kappa shape index (κ2) is 11.8. The SMILES string of the molecule is CN(C)C(=O)CN=C(NCCCOCC1CCOC1)NC1CCOc2ccccc21. The van der Waals surface area contributed by atoms with Crippen LogP contribution in [-0.4, -0.2) is 77.0 Å². The van der Waals surface area contributed by atoms with Crippen molar-refractivity contribution in [1.82, 2.24) is 15.5 Å². The maximum absolute atomic E-state index is 12.0. The van der Waals surface area contributed by atoms with E-state index in [9.17, 15) is 4.79 Å². The highest BCUT2D eigenvalue weighted by Crippen LogP contribution is 2.31. The number of carbonyl (C=O) groups is 1. The van der Waals surface area contributed by atoms with Crippen LogP contribution in [0.2, 0.25) is 0 Å². The number of hydrogen-bond acceptors (Lipinski definition) is 5. The van der Waals surface area contributed by atoms with Crippen LogP contribution in [0.4, 0.5) is 0 Å². The molecule has 0 bridgehead atoms. The van der Waals surface area contributed by atoms with E-state index in [-0.39, 0.29) is 18.5 Å². The number of benzene rings is 1. The standard InChI is InChI=1S/C22H34N4O4/c1-26(2)21(27)14-24-22(23-10-5-11-28-15-17-8-12-29-16-17)25-19-9-13-30-20-7-4-3-6-18(19)20/h3-4,6-7,17,19H,5,8-16H2,1-2H3,(H2,23,24,25). The molecule has 1 saturated heterocycles. The van der Waals surface area contributed by atoms with Crippen LogP contribution >= 0.6 is 0 Å². The number of para-hydroxylation sites is 1. The monoisotopic (exact) mass is 418 g/mol. The van der Waals surface area contributed by atoms with Crippen molar-refractivity contribution in [3.05, 3.63) is 29.8 Å². The first-order valence-electron chi connectivity index (χ1n) is 10.8. The van der Waals surface area contributed by atoms with Crippen LogP contribution in [0.1, 0.15) is 30.9 Å². The number of nitrogens with one attached hydrogen (secondary N) is 2. The lowest BCUT2D eigenvalue weighted by atomic mass is 10.0. The van der Waals surface area contributed by atoms with Gasteiger partial charge < -0.3 is 29.7 Å². The Balaban J connectivity index is 1.50. The average Bonchev–Trinajstić information content (AvgIpc) is 3.27. The first-order valence-corrected chi connectivity index (χ1v) is 10.8. The normalized spacial score (nSPS) is 20.9. The number of guanidine groups is 1. The van der Waals surface area contributed by atoms with Crippen LogP contribution < -0.4 is 15.4 Å². The van der Waals surface area contributed by atoms with Crippen molar-refractivity contribution in [3.63, 3.8) is 0 Å². The van der Waals surface area contributed by atoms with Gasteiger partial charge in [-0.2, -0.15) is 0 Å². The Hall–Kier alpha value is -2.32. The van der Waals surface area contributed by atoms with Crippen LogP contribution in [0.15, 0.2) is 29.3 Å². The zero-order valence-corrected chi connectivity index (χ0v) is 18.1. The Kier molecular flexibility index (Phi) is 8.77. The number of hydrogen-bond donors (Lipinski definition) is 2. The topological polar surface area (TPSA) is 84.4 Å². The van der Waals surface area contributed by atoms with Gasteiger partial charge in [-0.1, -0.05) is 18.2 Å². The summed E-state index contributed by atoms with van der Waals surface area (Å²) in [6.45, 7) is 4.58. The molecule has 1 aromatic rings. The molecule has 0 aliphatic carbocycles. The predicted molar refractivity (Wildman–Crippen MR) is 116 cm³/mol. The Bertz CT molecular complexity index is 704. The molecule has 0 radical (unpaired) electrons. The number of nitrogens with zero attached hydrogens (tertiary/aromatic N) is 2. The molecule has 0 aromatic heterocycles. The number of fused-ring (bicyclic) bond motifs is 1. The third-order valence-corrected chi connectivity index (χ3v) is 5.28. The maximum atomic E-state index is 12.0. The summed E-state index contributed by atoms with van der Waals surface area (Å²) in [5.41, 5.74) is 1.11. The minimum absolute atomic E-state index is 0.0365. The quantitative estimate of drug-likeness (QED) is 0.360. The molecular weight excluding hydrogens is 384 g/mol. The summed E-state index contributed by atoms with van der Waals surface area (Å²) in [6.07, 6.45) is 2.79. The van der Waals surface area contributed by atoms with Gasteiger partial charge in [-0.05, 0) is 18.9 Å². The van der Waals surface area contributed by atoms with E-state index in [0.29, 0.717) is 31.6 Å². The highest BCUT2D eigenvalue weighted by atomic mass is 16.5. The van der Waals surface area contributed by atoms with Gasteiger partial charge in [0.05, 0.1) is 25.9 Å². The van der Waals surface area contributed by atoms with Gasteiger partial charge in [0.2, 0.25) is 5.91 Å². The average molecular weight is 419 g/mol. The molecule has 2 heterocycles. The van der Waals surface area contributed by atoms with E-state index in [1.807, 2.05) is 18.2 Å². The highest BCUT2D eigenvalue weighted by Gasteiger charge is 2.22. The van der Waals surface area contributed by atoms with Gasteiger partial charge in [0.1, 0.15) is 12.3 Å². The molecule has 166 valence electrons. The first kappa shape index (κ1) is 22.4. The molecule has 2 atom stereocenters. The molecule has 2 aliphatic heterocycles. The Labute approximate surface area is 179 Å². The van der Waals surface area contributed by atoms with Crippen LogP contribution in [-0.2, 0) is 14.3 Å². The minimum atomic E-state index is -0.0365. The zero-order valence-electron chi connectivity index (χ0n) is 18.1. The Morgan fingerprint density at radius 1 is 1.27 bits per heavy atom. The fraction of sp³-hybridized carbons (Fsp3) is 0.636. The van der Waals surface area contributed by atoms with Gasteiger partial charge in [0.15, 0.2) is 5.96 Å². The number of rotatable bonds is 9. The molecule has 0 spiro atoms. The van der Waals surface area contributed by atoms with E-state index < -0.39 is 0 Å². The van der Waals surface area contributed by atoms with E-state index in [2.05, 4.69) is 21.7 Å². The van der Waals surface area contributed by atoms with Crippen molar-refractivity contribution in [2.75, 3.05) is 60.2 Å². The van der Waals surface area contributed by atoms with Gasteiger partial charge in [-0.25, -0.2) is 4.99 Å². The first-order chi connectivity index (χ1) is 14.6. The van der Waals surface area contributed by atoms with E-state index in [0.717, 1.165) is 50.4 Å². The van der Waals surface area contributed by atoms with Crippen molar-refractivity contribution >= 4 is 11.9 Å². The maximum Gasteiger partial charge on any atom is 0.243 e. The molecule has 1 fully saturated rings. The molecule has 8 nitrogen and oxygen atoms in total. The molecule has 2 unspecified atom stereocenters. The van der Waals surface area contributed by atoms with Crippen molar-refractivity contribution in [1.29, 1.82) is 0 Å². The summed E-state index contributed by atoms with van der Waals surface area (Å²) in [5.74, 6) is 2.03. The molecule has 30 heavy (non-hydrogen) atoms. The van der Waals surface area contributed by atoms with Gasteiger partial charge in [0, 0.05) is 51.8 Å². The van der Waals surface area contributed by atoms with Crippen LogP contribution in [0.25, 0.3) is 0 Å². The van der Waals surface area contributed by atoms with E-state index in [4.69, 9.17) is 14.2 Å². The lowest BCUT2D eigenvalue weighted by Crippen LogP contribution is -2.42. The highest BCUT2D eigenvalue weighted by molar-refractivity contribution is 5.85. The predicted octanol–water partition coefficient (Wildman–Crippen LogP) is 1.58. The third kappa shape index (κ3) is 6.88. The molecule has 0 saturated carbocycles. The van der Waals surface area contributed by atoms with Gasteiger partial charge in [-0.15, -0.1) is 0 Å². The van der Waals surface area contributed by atoms with Crippen molar-refractivity contribution in [3.8, 4) is 5.75 Å². The number of amides is 1. The third-order valence-electron chi connectivity index (χ3n) is 5.28. The summed E-state index contributed by atoms with van der Waals surface area (Å²) in [7, 11) is 3.47. The van der Waals surface area contributed by atoms with Crippen LogP contribution in [0, 0.1) is 5.92 Å². The van der Waals surface area contributed by atoms with Gasteiger partial charge >= 0.3 is 0 Å². The van der Waals surface area contributed by atoms with Crippen LogP contribution in [0.5, 0.6) is 5.75 Å². The summed E-state index contributed by atoms with van der Waals surface area (Å²) >= 11 is 0. The van der Waals surface area contributed by atoms with E-state index in [1.165, 1.54) is 0 Å². The minimum Gasteiger partial charge on any atom is -0.493 e. The second-order valence-electron chi connectivity index (χ2n) is 7.91. The summed E-state index contributed by atoms with van der Waals surface area (Å²) < 4.78 is 16.9. The Morgan fingerprint density at radius 2 is 2.13 bits per heavy atom. The molecule has 2 N–H and O–H groups in total. The number of aliphatic imine (C=N–C) groups is 1. The molecule has 8 heteroatoms. The summed E-state index contributed by atoms with van der Waals surface area (Å²) in [4.78, 5) is 18.0. The molecule has 1 amide bonds. The molecule has 2 aliphatic rings. The molecule has 1 aromatic carbocycles. The lowest BCUT2D eigenvalue weighted by Gasteiger charge is -2.28. The van der Waals surface area contributed by atoms with Crippen LogP contribution in [0.3, 0.4) is 0 Å². The number of ether oxygens (including phenoxy) is 3. The van der Waals surface area contributed by atoms with Crippen molar-refractivity contribution in [2.24, 2.45) is 10.9 Å². The Morgan fingerprint density at radius 3 is 2.93 bits per heavy atom. The molecular formula is C22H34N4O4. The van der Waals surface area contributed by atoms with Crippen molar-refractivity contribution in [2.45, 2.75) is 25.3 Å². The van der Waals surface area contributed by atoms with E-state index in [1.54, 1.807) is 19.0 Å². The number of carbonyl (C=O) groups excluding carboxylic acids is 1. The van der Waals surface area contributed by atoms with Gasteiger partial charge in [-0.3, -0.25) is 4.79 Å². The largest absolute Gasteiger partial charge is 0.493 e.